The van der Waals surface area contributed by atoms with E-state index in [1.54, 1.807) is 12.1 Å². The van der Waals surface area contributed by atoms with Gasteiger partial charge in [0.25, 0.3) is 0 Å². The first-order valence-corrected chi connectivity index (χ1v) is 6.88. The molecule has 1 saturated carbocycles. The Morgan fingerprint density at radius 3 is 2.68 bits per heavy atom. The Labute approximate surface area is 141 Å². The summed E-state index contributed by atoms with van der Waals surface area (Å²) in [5.41, 5.74) is 6.72. The fourth-order valence-corrected chi connectivity index (χ4v) is 2.29. The lowest BCUT2D eigenvalue weighted by molar-refractivity contribution is 0.315. The van der Waals surface area contributed by atoms with Crippen LogP contribution in [0, 0.1) is 5.92 Å². The molecule has 1 aromatic carbocycles. The van der Waals surface area contributed by atoms with Crippen LogP contribution >= 0.6 is 47.2 Å². The smallest absolute Gasteiger partial charge is 0.188 e. The topological polar surface area (TPSA) is 50.4 Å². The summed E-state index contributed by atoms with van der Waals surface area (Å²) < 4.78 is 0. The molecule has 0 aromatic heterocycles. The largest absolute Gasteiger partial charge is 0.370 e. The maximum absolute atomic E-state index is 6.06. The van der Waals surface area contributed by atoms with Crippen LogP contribution in [0.25, 0.3) is 0 Å². The van der Waals surface area contributed by atoms with Gasteiger partial charge in [0.05, 0.1) is 6.54 Å². The van der Waals surface area contributed by atoms with Gasteiger partial charge in [0.2, 0.25) is 0 Å². The molecule has 0 spiro atoms. The van der Waals surface area contributed by atoms with Crippen molar-refractivity contribution in [2.24, 2.45) is 16.6 Å². The number of nitrogens with zero attached hydrogens (tertiary/aromatic N) is 1. The molecule has 0 heterocycles. The molecule has 0 bridgehead atoms. The lowest BCUT2D eigenvalue weighted by Crippen LogP contribution is -2.37. The molecule has 0 atom stereocenters. The molecule has 2 rings (SSSR count). The number of nitrogens with two attached hydrogens (primary N) is 1. The van der Waals surface area contributed by atoms with Gasteiger partial charge in [0.15, 0.2) is 5.96 Å². The number of hydrogen-bond donors (Lipinski definition) is 2. The molecule has 3 N–H and O–H groups in total. The van der Waals surface area contributed by atoms with Crippen molar-refractivity contribution in [2.75, 3.05) is 6.54 Å². The third-order valence-corrected chi connectivity index (χ3v) is 3.82. The average Bonchev–Trinajstić information content (AvgIpc) is 2.25. The molecule has 0 saturated heterocycles. The Hall–Kier alpha value is -0.200. The number of aliphatic imine (C=N–C) groups is 1. The zero-order chi connectivity index (χ0) is 13.0. The summed E-state index contributed by atoms with van der Waals surface area (Å²) in [6.45, 7) is 1.39. The zero-order valence-electron chi connectivity index (χ0n) is 10.5. The van der Waals surface area contributed by atoms with Gasteiger partial charge in [-0.25, -0.2) is 4.99 Å². The van der Waals surface area contributed by atoms with Crippen molar-refractivity contribution < 1.29 is 0 Å². The van der Waals surface area contributed by atoms with E-state index in [1.807, 2.05) is 6.07 Å². The van der Waals surface area contributed by atoms with Crippen LogP contribution in [0.3, 0.4) is 0 Å². The van der Waals surface area contributed by atoms with E-state index >= 15 is 0 Å². The van der Waals surface area contributed by atoms with Crippen molar-refractivity contribution in [2.45, 2.75) is 25.8 Å². The molecule has 0 unspecified atom stereocenters. The monoisotopic (exact) mass is 413 g/mol. The summed E-state index contributed by atoms with van der Waals surface area (Å²) in [6, 6.07) is 5.38. The molecule has 1 aliphatic rings. The maximum Gasteiger partial charge on any atom is 0.188 e. The van der Waals surface area contributed by atoms with Crippen molar-refractivity contribution in [3.8, 4) is 0 Å². The van der Waals surface area contributed by atoms with Gasteiger partial charge < -0.3 is 11.1 Å². The molecule has 106 valence electrons. The van der Waals surface area contributed by atoms with Gasteiger partial charge in [-0.3, -0.25) is 0 Å². The second-order valence-electron chi connectivity index (χ2n) is 4.62. The molecule has 1 aromatic rings. The molecule has 0 amide bonds. The number of guanidine groups is 1. The van der Waals surface area contributed by atoms with Crippen LogP contribution in [0.4, 0.5) is 0 Å². The highest BCUT2D eigenvalue weighted by molar-refractivity contribution is 14.0. The number of rotatable bonds is 4. The van der Waals surface area contributed by atoms with E-state index < -0.39 is 0 Å². The third-order valence-electron chi connectivity index (χ3n) is 3.23. The maximum atomic E-state index is 6.06. The van der Waals surface area contributed by atoms with Crippen LogP contribution in [0.1, 0.15) is 24.8 Å². The van der Waals surface area contributed by atoms with Crippen LogP contribution in [0.15, 0.2) is 23.2 Å². The van der Waals surface area contributed by atoms with Crippen molar-refractivity contribution in [3.05, 3.63) is 33.8 Å². The number of halogens is 3. The second-order valence-corrected chi connectivity index (χ2v) is 5.46. The molecule has 1 aliphatic carbocycles. The Morgan fingerprint density at radius 1 is 1.37 bits per heavy atom. The van der Waals surface area contributed by atoms with E-state index in [4.69, 9.17) is 28.9 Å². The summed E-state index contributed by atoms with van der Waals surface area (Å²) in [7, 11) is 0. The summed E-state index contributed by atoms with van der Waals surface area (Å²) in [4.78, 5) is 4.27. The van der Waals surface area contributed by atoms with Crippen LogP contribution in [-0.2, 0) is 6.54 Å². The van der Waals surface area contributed by atoms with Gasteiger partial charge in [-0.05, 0) is 36.5 Å². The predicted octanol–water partition coefficient (Wildman–Crippen LogP) is 3.82. The van der Waals surface area contributed by atoms with E-state index in [2.05, 4.69) is 10.3 Å². The van der Waals surface area contributed by atoms with Crippen LogP contribution in [0.5, 0.6) is 0 Å². The van der Waals surface area contributed by atoms with Gasteiger partial charge in [0.1, 0.15) is 0 Å². The Kier molecular flexibility index (Phi) is 7.25. The van der Waals surface area contributed by atoms with E-state index in [1.165, 1.54) is 19.3 Å². The summed E-state index contributed by atoms with van der Waals surface area (Å²) >= 11 is 11.9. The highest BCUT2D eigenvalue weighted by atomic mass is 127. The lowest BCUT2D eigenvalue weighted by atomic mass is 9.85. The van der Waals surface area contributed by atoms with Crippen LogP contribution < -0.4 is 11.1 Å². The molecular formula is C13H18Cl2IN3. The number of benzene rings is 1. The number of nitrogens with one attached hydrogen (secondary N) is 1. The Morgan fingerprint density at radius 2 is 2.11 bits per heavy atom. The lowest BCUT2D eigenvalue weighted by Gasteiger charge is -2.25. The minimum absolute atomic E-state index is 0. The average molecular weight is 414 g/mol. The van der Waals surface area contributed by atoms with Crippen molar-refractivity contribution in [3.63, 3.8) is 0 Å². The number of hydrogen-bond acceptors (Lipinski definition) is 1. The first-order valence-electron chi connectivity index (χ1n) is 6.13. The molecule has 6 heteroatoms. The van der Waals surface area contributed by atoms with E-state index in [9.17, 15) is 0 Å². The zero-order valence-corrected chi connectivity index (χ0v) is 14.4. The fourth-order valence-electron chi connectivity index (χ4n) is 1.82. The van der Waals surface area contributed by atoms with Crippen molar-refractivity contribution >= 4 is 53.1 Å². The van der Waals surface area contributed by atoms with Crippen molar-refractivity contribution in [1.82, 2.24) is 5.32 Å². The third kappa shape index (κ3) is 5.36. The summed E-state index contributed by atoms with van der Waals surface area (Å²) in [6.07, 6.45) is 3.93. The quantitative estimate of drug-likeness (QED) is 0.448. The standard InChI is InChI=1S/C13H17Cl2N3.HI/c14-11-5-4-10(12(15)6-11)8-18-13(16)17-7-9-2-1-3-9;/h4-6,9H,1-3,7-8H2,(H3,16,17,18);1H. The van der Waals surface area contributed by atoms with Gasteiger partial charge in [-0.15, -0.1) is 24.0 Å². The first kappa shape index (κ1) is 16.9. The highest BCUT2D eigenvalue weighted by Crippen LogP contribution is 2.25. The molecule has 19 heavy (non-hydrogen) atoms. The van der Waals surface area contributed by atoms with E-state index in [-0.39, 0.29) is 24.0 Å². The second kappa shape index (κ2) is 8.17. The minimum Gasteiger partial charge on any atom is -0.370 e. The highest BCUT2D eigenvalue weighted by Gasteiger charge is 2.16. The van der Waals surface area contributed by atoms with Gasteiger partial charge in [-0.2, -0.15) is 0 Å². The molecular weight excluding hydrogens is 396 g/mol. The summed E-state index contributed by atoms with van der Waals surface area (Å²) in [5.74, 6) is 1.24. The molecule has 1 fully saturated rings. The summed E-state index contributed by atoms with van der Waals surface area (Å²) in [5, 5.41) is 4.40. The normalized spacial score (nSPS) is 15.6. The van der Waals surface area contributed by atoms with E-state index in [0.717, 1.165) is 18.0 Å². The van der Waals surface area contributed by atoms with Crippen molar-refractivity contribution in [1.29, 1.82) is 0 Å². The SMILES string of the molecule is I.NC(=NCc1ccc(Cl)cc1Cl)NCC1CCC1. The van der Waals surface area contributed by atoms with Gasteiger partial charge in [0, 0.05) is 16.6 Å². The van der Waals surface area contributed by atoms with Crippen LogP contribution in [-0.4, -0.2) is 12.5 Å². The molecule has 3 nitrogen and oxygen atoms in total. The molecule has 0 aliphatic heterocycles. The predicted molar refractivity (Wildman–Crippen MR) is 92.5 cm³/mol. The first-order chi connectivity index (χ1) is 8.65. The van der Waals surface area contributed by atoms with E-state index in [0.29, 0.717) is 22.5 Å². The van der Waals surface area contributed by atoms with Gasteiger partial charge in [-0.1, -0.05) is 35.7 Å². The Balaban J connectivity index is 0.00000180. The fraction of sp³-hybridized carbons (Fsp3) is 0.462. The van der Waals surface area contributed by atoms with Gasteiger partial charge >= 0.3 is 0 Å². The molecule has 0 radical (unpaired) electrons. The minimum atomic E-state index is 0. The van der Waals surface area contributed by atoms with Crippen LogP contribution in [0.2, 0.25) is 10.0 Å². The Bertz CT molecular complexity index is 448.